The Bertz CT molecular complexity index is 365. The topological polar surface area (TPSA) is 79.7 Å². The fourth-order valence-corrected chi connectivity index (χ4v) is 1.76. The van der Waals surface area contributed by atoms with Crippen LogP contribution in [-0.4, -0.2) is 14.8 Å². The van der Waals surface area contributed by atoms with Crippen LogP contribution < -0.4 is 4.52 Å². The molecule has 0 spiro atoms. The van der Waals surface area contributed by atoms with E-state index < -0.39 is 7.82 Å². The Hall–Kier alpha value is -0.900. The van der Waals surface area contributed by atoms with Gasteiger partial charge in [-0.25, -0.2) is 4.57 Å². The monoisotopic (exact) mass is 231 g/mol. The Labute approximate surface area is 88.4 Å². The van der Waals surface area contributed by atoms with Gasteiger partial charge in [0.15, 0.2) is 5.75 Å². The molecular formula is C9H14NO4P. The van der Waals surface area contributed by atoms with Gasteiger partial charge in [-0.15, -0.1) is 0 Å². The fourth-order valence-electron chi connectivity index (χ4n) is 1.30. The summed E-state index contributed by atoms with van der Waals surface area (Å²) >= 11 is 0. The standard InChI is InChI=1S/C9H14NO4P/c1-3-7-5-6-10-8(4-2)9(7)14-15(11,12)13/h5-6H,3-4H2,1-2H3,(H2,11,12,13). The van der Waals surface area contributed by atoms with E-state index in [-0.39, 0.29) is 5.75 Å². The summed E-state index contributed by atoms with van der Waals surface area (Å²) in [6.07, 6.45) is 2.83. The summed E-state index contributed by atoms with van der Waals surface area (Å²) in [4.78, 5) is 21.6. The van der Waals surface area contributed by atoms with Gasteiger partial charge < -0.3 is 4.52 Å². The molecule has 0 aliphatic carbocycles. The minimum atomic E-state index is -4.51. The Morgan fingerprint density at radius 2 is 2.07 bits per heavy atom. The first-order valence-electron chi connectivity index (χ1n) is 4.69. The molecule has 15 heavy (non-hydrogen) atoms. The molecule has 0 atom stereocenters. The summed E-state index contributed by atoms with van der Waals surface area (Å²) in [5.41, 5.74) is 1.32. The molecule has 0 amide bonds. The first-order chi connectivity index (χ1) is 6.98. The van der Waals surface area contributed by atoms with Crippen molar-refractivity contribution in [2.75, 3.05) is 0 Å². The average molecular weight is 231 g/mol. The van der Waals surface area contributed by atoms with E-state index in [4.69, 9.17) is 9.79 Å². The first-order valence-corrected chi connectivity index (χ1v) is 6.22. The van der Waals surface area contributed by atoms with Crippen molar-refractivity contribution in [2.24, 2.45) is 0 Å². The minimum absolute atomic E-state index is 0.218. The molecule has 0 aliphatic heterocycles. The highest BCUT2D eigenvalue weighted by Gasteiger charge is 2.20. The van der Waals surface area contributed by atoms with E-state index in [1.807, 2.05) is 13.8 Å². The highest BCUT2D eigenvalue weighted by molar-refractivity contribution is 7.46. The van der Waals surface area contributed by atoms with E-state index in [2.05, 4.69) is 9.51 Å². The van der Waals surface area contributed by atoms with E-state index in [9.17, 15) is 4.57 Å². The van der Waals surface area contributed by atoms with Gasteiger partial charge in [0.25, 0.3) is 0 Å². The first kappa shape index (κ1) is 12.2. The third-order valence-corrected chi connectivity index (χ3v) is 2.41. The van der Waals surface area contributed by atoms with Gasteiger partial charge in [0.2, 0.25) is 0 Å². The largest absolute Gasteiger partial charge is 0.524 e. The number of aromatic nitrogens is 1. The molecule has 5 nitrogen and oxygen atoms in total. The van der Waals surface area contributed by atoms with Gasteiger partial charge in [0.05, 0.1) is 5.69 Å². The molecule has 0 unspecified atom stereocenters. The number of phosphoric ester groups is 1. The van der Waals surface area contributed by atoms with Crippen LogP contribution in [0.2, 0.25) is 0 Å². The second kappa shape index (κ2) is 4.75. The maximum atomic E-state index is 10.8. The molecule has 0 saturated heterocycles. The van der Waals surface area contributed by atoms with Crippen LogP contribution in [-0.2, 0) is 17.4 Å². The molecule has 0 saturated carbocycles. The summed E-state index contributed by atoms with van der Waals surface area (Å²) in [6, 6.07) is 1.70. The molecule has 0 bridgehead atoms. The van der Waals surface area contributed by atoms with Crippen LogP contribution in [0.1, 0.15) is 25.1 Å². The van der Waals surface area contributed by atoms with Crippen LogP contribution in [0.3, 0.4) is 0 Å². The van der Waals surface area contributed by atoms with Crippen molar-refractivity contribution in [3.8, 4) is 5.75 Å². The fraction of sp³-hybridized carbons (Fsp3) is 0.444. The van der Waals surface area contributed by atoms with Gasteiger partial charge in [-0.05, 0) is 24.5 Å². The number of aryl methyl sites for hydroxylation is 2. The Kier molecular flexibility index (Phi) is 3.85. The predicted molar refractivity (Wildman–Crippen MR) is 55.7 cm³/mol. The lowest BCUT2D eigenvalue weighted by molar-refractivity contribution is 0.281. The molecule has 6 heteroatoms. The van der Waals surface area contributed by atoms with Gasteiger partial charge in [0, 0.05) is 6.20 Å². The molecule has 0 aromatic carbocycles. The number of nitrogens with zero attached hydrogens (tertiary/aromatic N) is 1. The van der Waals surface area contributed by atoms with Crippen LogP contribution in [0, 0.1) is 0 Å². The van der Waals surface area contributed by atoms with Crippen molar-refractivity contribution in [3.05, 3.63) is 23.5 Å². The van der Waals surface area contributed by atoms with Crippen LogP contribution in [0.5, 0.6) is 5.75 Å². The van der Waals surface area contributed by atoms with Crippen molar-refractivity contribution in [1.82, 2.24) is 4.98 Å². The van der Waals surface area contributed by atoms with Crippen LogP contribution in [0.15, 0.2) is 12.3 Å². The second-order valence-electron chi connectivity index (χ2n) is 3.03. The van der Waals surface area contributed by atoms with Crippen molar-refractivity contribution < 1.29 is 18.9 Å². The molecule has 1 rings (SSSR count). The van der Waals surface area contributed by atoms with E-state index in [1.54, 1.807) is 12.3 Å². The number of pyridine rings is 1. The summed E-state index contributed by atoms with van der Waals surface area (Å²) in [7, 11) is -4.51. The maximum Gasteiger partial charge on any atom is 0.524 e. The quantitative estimate of drug-likeness (QED) is 0.770. The van der Waals surface area contributed by atoms with Crippen LogP contribution in [0.4, 0.5) is 0 Å². The van der Waals surface area contributed by atoms with Crippen molar-refractivity contribution >= 4 is 7.82 Å². The molecule has 84 valence electrons. The molecular weight excluding hydrogens is 217 g/mol. The number of phosphoric acid groups is 1. The average Bonchev–Trinajstić information content (AvgIpc) is 2.16. The Morgan fingerprint density at radius 3 is 2.53 bits per heavy atom. The zero-order valence-corrected chi connectivity index (χ0v) is 9.57. The number of hydrogen-bond donors (Lipinski definition) is 2. The van der Waals surface area contributed by atoms with Crippen molar-refractivity contribution in [1.29, 1.82) is 0 Å². The molecule has 0 aliphatic rings. The summed E-state index contributed by atoms with van der Waals surface area (Å²) in [5.74, 6) is 0.218. The number of rotatable bonds is 4. The molecule has 2 N–H and O–H groups in total. The van der Waals surface area contributed by atoms with Crippen molar-refractivity contribution in [2.45, 2.75) is 26.7 Å². The minimum Gasteiger partial charge on any atom is -0.402 e. The van der Waals surface area contributed by atoms with Gasteiger partial charge in [-0.2, -0.15) is 0 Å². The molecule has 0 fully saturated rings. The van der Waals surface area contributed by atoms with Gasteiger partial charge in [0.1, 0.15) is 0 Å². The Balaban J connectivity index is 3.16. The summed E-state index contributed by atoms with van der Waals surface area (Å²) < 4.78 is 15.4. The third kappa shape index (κ3) is 3.30. The second-order valence-corrected chi connectivity index (χ2v) is 4.20. The summed E-state index contributed by atoms with van der Waals surface area (Å²) in [5, 5.41) is 0. The smallest absolute Gasteiger partial charge is 0.402 e. The normalized spacial score (nSPS) is 11.5. The highest BCUT2D eigenvalue weighted by atomic mass is 31.2. The van der Waals surface area contributed by atoms with Crippen LogP contribution >= 0.6 is 7.82 Å². The molecule has 1 aromatic rings. The molecule has 1 heterocycles. The molecule has 0 radical (unpaired) electrons. The lowest BCUT2D eigenvalue weighted by Gasteiger charge is -2.13. The SMILES string of the molecule is CCc1ccnc(CC)c1OP(=O)(O)O. The molecule has 1 aromatic heterocycles. The maximum absolute atomic E-state index is 10.8. The summed E-state index contributed by atoms with van der Waals surface area (Å²) in [6.45, 7) is 3.75. The van der Waals surface area contributed by atoms with E-state index in [1.165, 1.54) is 0 Å². The third-order valence-electron chi connectivity index (χ3n) is 1.99. The number of hydrogen-bond acceptors (Lipinski definition) is 3. The lowest BCUT2D eigenvalue weighted by atomic mass is 10.1. The van der Waals surface area contributed by atoms with Gasteiger partial charge >= 0.3 is 7.82 Å². The van der Waals surface area contributed by atoms with Crippen molar-refractivity contribution in [3.63, 3.8) is 0 Å². The Morgan fingerprint density at radius 1 is 1.40 bits per heavy atom. The van der Waals surface area contributed by atoms with E-state index >= 15 is 0 Å². The lowest BCUT2D eigenvalue weighted by Crippen LogP contribution is -2.00. The highest BCUT2D eigenvalue weighted by Crippen LogP contribution is 2.40. The predicted octanol–water partition coefficient (Wildman–Crippen LogP) is 1.68. The van der Waals surface area contributed by atoms with Gasteiger partial charge in [-0.3, -0.25) is 14.8 Å². The zero-order valence-electron chi connectivity index (χ0n) is 8.67. The van der Waals surface area contributed by atoms with E-state index in [0.29, 0.717) is 18.5 Å². The van der Waals surface area contributed by atoms with Gasteiger partial charge in [-0.1, -0.05) is 13.8 Å². The zero-order chi connectivity index (χ0) is 11.5. The van der Waals surface area contributed by atoms with Crippen LogP contribution in [0.25, 0.3) is 0 Å². The van der Waals surface area contributed by atoms with E-state index in [0.717, 1.165) is 5.56 Å².